The fraction of sp³-hybridized carbons (Fsp3) is 0.467. The van der Waals surface area contributed by atoms with E-state index < -0.39 is 0 Å². The number of nitrogens with two attached hydrogens (primary N) is 1. The van der Waals surface area contributed by atoms with E-state index in [0.717, 1.165) is 24.8 Å². The van der Waals surface area contributed by atoms with Crippen molar-refractivity contribution in [1.29, 1.82) is 0 Å². The molecule has 1 aromatic rings. The molecule has 5 nitrogen and oxygen atoms in total. The molecule has 0 heterocycles. The molecule has 2 atom stereocenters. The van der Waals surface area contributed by atoms with Crippen LogP contribution in [0.5, 0.6) is 0 Å². The minimum absolute atomic E-state index is 0. The van der Waals surface area contributed by atoms with E-state index in [1.807, 2.05) is 6.92 Å². The van der Waals surface area contributed by atoms with Crippen molar-refractivity contribution >= 4 is 29.9 Å². The van der Waals surface area contributed by atoms with Crippen molar-refractivity contribution in [2.24, 2.45) is 11.7 Å². The van der Waals surface area contributed by atoms with Crippen LogP contribution in [0.2, 0.25) is 0 Å². The second-order valence-corrected chi connectivity index (χ2v) is 5.25. The summed E-state index contributed by atoms with van der Waals surface area (Å²) in [4.78, 5) is 24.0. The van der Waals surface area contributed by atoms with Crippen LogP contribution in [0.15, 0.2) is 18.2 Å². The third-order valence-electron chi connectivity index (χ3n) is 3.97. The monoisotopic (exact) mass is 311 g/mol. The zero-order valence-electron chi connectivity index (χ0n) is 12.3. The zero-order valence-corrected chi connectivity index (χ0v) is 13.1. The molecule has 4 N–H and O–H groups in total. The van der Waals surface area contributed by atoms with Gasteiger partial charge in [0.05, 0.1) is 5.92 Å². The standard InChI is InChI=1S/C15H21N3O2.ClH/c1-9-10(14(19)17-2)5-4-8-13(9)18-15(20)11-6-3-7-12(11)16;/h4-5,8,11-12H,3,6-7,16H2,1-2H3,(H,17,19)(H,18,20);1H. The van der Waals surface area contributed by atoms with Gasteiger partial charge in [-0.3, -0.25) is 9.59 Å². The van der Waals surface area contributed by atoms with Crippen LogP contribution < -0.4 is 16.4 Å². The highest BCUT2D eigenvalue weighted by molar-refractivity contribution is 5.99. The minimum Gasteiger partial charge on any atom is -0.355 e. The molecule has 0 radical (unpaired) electrons. The summed E-state index contributed by atoms with van der Waals surface area (Å²) in [5.74, 6) is -0.332. The van der Waals surface area contributed by atoms with Gasteiger partial charge < -0.3 is 16.4 Å². The van der Waals surface area contributed by atoms with Crippen molar-refractivity contribution in [3.63, 3.8) is 0 Å². The number of hydrogen-bond acceptors (Lipinski definition) is 3. The van der Waals surface area contributed by atoms with Gasteiger partial charge in [0.25, 0.3) is 5.91 Å². The van der Waals surface area contributed by atoms with Gasteiger partial charge in [-0.05, 0) is 37.5 Å². The largest absolute Gasteiger partial charge is 0.355 e. The van der Waals surface area contributed by atoms with E-state index in [1.54, 1.807) is 25.2 Å². The molecule has 0 aliphatic heterocycles. The van der Waals surface area contributed by atoms with Crippen molar-refractivity contribution < 1.29 is 9.59 Å². The van der Waals surface area contributed by atoms with Crippen molar-refractivity contribution in [1.82, 2.24) is 5.32 Å². The molecule has 1 aliphatic carbocycles. The average molecular weight is 312 g/mol. The van der Waals surface area contributed by atoms with Gasteiger partial charge in [-0.25, -0.2) is 0 Å². The minimum atomic E-state index is -0.156. The van der Waals surface area contributed by atoms with Crippen LogP contribution in [0.25, 0.3) is 0 Å². The highest BCUT2D eigenvalue weighted by atomic mass is 35.5. The molecule has 0 spiro atoms. The van der Waals surface area contributed by atoms with Gasteiger partial charge >= 0.3 is 0 Å². The first-order valence-corrected chi connectivity index (χ1v) is 6.92. The smallest absolute Gasteiger partial charge is 0.251 e. The molecular formula is C15H22ClN3O2. The Morgan fingerprint density at radius 3 is 2.57 bits per heavy atom. The van der Waals surface area contributed by atoms with Crippen LogP contribution in [-0.4, -0.2) is 24.9 Å². The molecule has 116 valence electrons. The number of halogens is 1. The Labute approximate surface area is 131 Å². The summed E-state index contributed by atoms with van der Waals surface area (Å²) in [5.41, 5.74) is 7.96. The third kappa shape index (κ3) is 3.74. The Hall–Kier alpha value is -1.59. The van der Waals surface area contributed by atoms with E-state index >= 15 is 0 Å². The Morgan fingerprint density at radius 2 is 2.00 bits per heavy atom. The molecule has 1 aliphatic rings. The summed E-state index contributed by atoms with van der Waals surface area (Å²) in [7, 11) is 1.59. The van der Waals surface area contributed by atoms with E-state index in [4.69, 9.17) is 5.73 Å². The molecule has 0 saturated heterocycles. The number of hydrogen-bond donors (Lipinski definition) is 3. The number of rotatable bonds is 3. The summed E-state index contributed by atoms with van der Waals surface area (Å²) < 4.78 is 0. The summed E-state index contributed by atoms with van der Waals surface area (Å²) in [6.45, 7) is 1.83. The Kier molecular flexibility index (Phi) is 6.18. The molecule has 1 saturated carbocycles. The Balaban J connectivity index is 0.00000220. The maximum absolute atomic E-state index is 12.2. The first kappa shape index (κ1) is 17.5. The highest BCUT2D eigenvalue weighted by Gasteiger charge is 2.30. The van der Waals surface area contributed by atoms with Crippen molar-refractivity contribution in [2.45, 2.75) is 32.2 Å². The van der Waals surface area contributed by atoms with E-state index in [1.165, 1.54) is 0 Å². The zero-order chi connectivity index (χ0) is 14.7. The summed E-state index contributed by atoms with van der Waals surface area (Å²) in [6.07, 6.45) is 2.73. The SMILES string of the molecule is CNC(=O)c1cccc(NC(=O)C2CCCC2N)c1C.Cl. The van der Waals surface area contributed by atoms with Gasteiger partial charge in [0.1, 0.15) is 0 Å². The topological polar surface area (TPSA) is 84.2 Å². The lowest BCUT2D eigenvalue weighted by atomic mass is 10.0. The number of carbonyl (C=O) groups is 2. The van der Waals surface area contributed by atoms with Crippen LogP contribution in [0.3, 0.4) is 0 Å². The lowest BCUT2D eigenvalue weighted by molar-refractivity contribution is -0.120. The Bertz CT molecular complexity index is 534. The highest BCUT2D eigenvalue weighted by Crippen LogP contribution is 2.26. The second kappa shape index (κ2) is 7.43. The van der Waals surface area contributed by atoms with Crippen molar-refractivity contribution in [2.75, 3.05) is 12.4 Å². The van der Waals surface area contributed by atoms with Gasteiger partial charge in [0.2, 0.25) is 5.91 Å². The van der Waals surface area contributed by atoms with Crippen LogP contribution in [0, 0.1) is 12.8 Å². The maximum Gasteiger partial charge on any atom is 0.251 e. The number of benzene rings is 1. The summed E-state index contributed by atoms with van der Waals surface area (Å²) in [5, 5.41) is 5.50. The quantitative estimate of drug-likeness (QED) is 0.796. The maximum atomic E-state index is 12.2. The first-order valence-electron chi connectivity index (χ1n) is 6.92. The molecular weight excluding hydrogens is 290 g/mol. The summed E-state index contributed by atoms with van der Waals surface area (Å²) >= 11 is 0. The first-order chi connectivity index (χ1) is 9.54. The lowest BCUT2D eigenvalue weighted by Gasteiger charge is -2.17. The Morgan fingerprint density at radius 1 is 1.29 bits per heavy atom. The van der Waals surface area contributed by atoms with E-state index in [-0.39, 0.29) is 36.2 Å². The predicted molar refractivity (Wildman–Crippen MR) is 85.8 cm³/mol. The van der Waals surface area contributed by atoms with Crippen LogP contribution >= 0.6 is 12.4 Å². The van der Waals surface area contributed by atoms with Gasteiger partial charge in [-0.1, -0.05) is 12.5 Å². The fourth-order valence-electron chi connectivity index (χ4n) is 2.69. The van der Waals surface area contributed by atoms with Gasteiger partial charge in [0, 0.05) is 24.3 Å². The predicted octanol–water partition coefficient (Wildman–Crippen LogP) is 1.84. The van der Waals surface area contributed by atoms with Gasteiger partial charge in [-0.15, -0.1) is 12.4 Å². The van der Waals surface area contributed by atoms with Crippen LogP contribution in [-0.2, 0) is 4.79 Å². The fourth-order valence-corrected chi connectivity index (χ4v) is 2.69. The molecule has 2 unspecified atom stereocenters. The number of carbonyl (C=O) groups excluding carboxylic acids is 2. The van der Waals surface area contributed by atoms with Gasteiger partial charge in [0.15, 0.2) is 0 Å². The normalized spacial score (nSPS) is 20.5. The second-order valence-electron chi connectivity index (χ2n) is 5.25. The molecule has 0 bridgehead atoms. The van der Waals surface area contributed by atoms with Crippen molar-refractivity contribution in [3.05, 3.63) is 29.3 Å². The van der Waals surface area contributed by atoms with Gasteiger partial charge in [-0.2, -0.15) is 0 Å². The molecule has 2 amide bonds. The van der Waals surface area contributed by atoms with Crippen molar-refractivity contribution in [3.8, 4) is 0 Å². The van der Waals surface area contributed by atoms with E-state index in [2.05, 4.69) is 10.6 Å². The summed E-state index contributed by atoms with van der Waals surface area (Å²) in [6, 6.07) is 5.25. The lowest BCUT2D eigenvalue weighted by Crippen LogP contribution is -2.34. The third-order valence-corrected chi connectivity index (χ3v) is 3.97. The molecule has 6 heteroatoms. The van der Waals surface area contributed by atoms with Crippen LogP contribution in [0.4, 0.5) is 5.69 Å². The molecule has 21 heavy (non-hydrogen) atoms. The molecule has 0 aromatic heterocycles. The number of amides is 2. The molecule has 1 aromatic carbocycles. The van der Waals surface area contributed by atoms with Crippen LogP contribution in [0.1, 0.15) is 35.2 Å². The average Bonchev–Trinajstić information content (AvgIpc) is 2.86. The molecule has 1 fully saturated rings. The molecule has 2 rings (SSSR count). The van der Waals surface area contributed by atoms with E-state index in [9.17, 15) is 9.59 Å². The number of nitrogens with one attached hydrogen (secondary N) is 2. The number of anilines is 1. The van der Waals surface area contributed by atoms with E-state index in [0.29, 0.717) is 11.3 Å².